The summed E-state index contributed by atoms with van der Waals surface area (Å²) in [5, 5.41) is 1.87. The van der Waals surface area contributed by atoms with E-state index in [0.717, 1.165) is 0 Å². The van der Waals surface area contributed by atoms with Gasteiger partial charge in [0.25, 0.3) is 5.56 Å². The molecule has 2 aromatic heterocycles. The van der Waals surface area contributed by atoms with Gasteiger partial charge in [0, 0.05) is 6.54 Å². The third-order valence-corrected chi connectivity index (χ3v) is 4.53. The zero-order valence-corrected chi connectivity index (χ0v) is 12.0. The maximum Gasteiger partial charge on any atom is 0.272 e. The van der Waals surface area contributed by atoms with E-state index in [0.29, 0.717) is 21.9 Å². The maximum absolute atomic E-state index is 12.3. The molecule has 0 aliphatic heterocycles. The van der Waals surface area contributed by atoms with E-state index in [1.54, 1.807) is 19.1 Å². The molecule has 0 bridgehead atoms. The molecule has 1 atom stereocenters. The molecule has 2 rings (SSSR count). The summed E-state index contributed by atoms with van der Waals surface area (Å²) in [6, 6.07) is 1.79. The van der Waals surface area contributed by atoms with Crippen LogP contribution in [-0.2, 0) is 11.3 Å². The SMILES string of the molecule is C=CCn1c(SC(C)C(N)=O)nc2ccsc2c1=O. The zero-order chi connectivity index (χ0) is 14.0. The molecule has 5 nitrogen and oxygen atoms in total. The third kappa shape index (κ3) is 2.71. The Balaban J connectivity index is 2.56. The molecule has 1 unspecified atom stereocenters. The van der Waals surface area contributed by atoms with Crippen molar-refractivity contribution >= 4 is 39.2 Å². The van der Waals surface area contributed by atoms with Gasteiger partial charge in [-0.25, -0.2) is 4.98 Å². The molecule has 19 heavy (non-hydrogen) atoms. The highest BCUT2D eigenvalue weighted by atomic mass is 32.2. The Kier molecular flexibility index (Phi) is 4.06. The normalized spacial score (nSPS) is 12.5. The summed E-state index contributed by atoms with van der Waals surface area (Å²) in [6.45, 7) is 5.68. The molecule has 0 radical (unpaired) electrons. The first-order valence-corrected chi connectivity index (χ1v) is 7.35. The van der Waals surface area contributed by atoms with Crippen LogP contribution in [0.5, 0.6) is 0 Å². The quantitative estimate of drug-likeness (QED) is 0.516. The van der Waals surface area contributed by atoms with Gasteiger partial charge in [0.15, 0.2) is 5.16 Å². The molecule has 0 spiro atoms. The first-order valence-electron chi connectivity index (χ1n) is 5.59. The summed E-state index contributed by atoms with van der Waals surface area (Å²) < 4.78 is 2.12. The molecular formula is C12H13N3O2S2. The summed E-state index contributed by atoms with van der Waals surface area (Å²) >= 11 is 2.54. The average Bonchev–Trinajstić information content (AvgIpc) is 2.82. The fourth-order valence-corrected chi connectivity index (χ4v) is 3.17. The fraction of sp³-hybridized carbons (Fsp3) is 0.250. The van der Waals surface area contributed by atoms with E-state index >= 15 is 0 Å². The highest BCUT2D eigenvalue weighted by Crippen LogP contribution is 2.24. The van der Waals surface area contributed by atoms with Crippen molar-refractivity contribution < 1.29 is 4.79 Å². The van der Waals surface area contributed by atoms with Gasteiger partial charge in [-0.1, -0.05) is 17.8 Å². The third-order valence-electron chi connectivity index (χ3n) is 2.53. The van der Waals surface area contributed by atoms with Gasteiger partial charge in [-0.2, -0.15) is 0 Å². The minimum Gasteiger partial charge on any atom is -0.369 e. The lowest BCUT2D eigenvalue weighted by Gasteiger charge is -2.12. The second-order valence-electron chi connectivity index (χ2n) is 3.90. The number of fused-ring (bicyclic) bond motifs is 1. The van der Waals surface area contributed by atoms with E-state index < -0.39 is 11.2 Å². The number of aromatic nitrogens is 2. The Morgan fingerprint density at radius 3 is 3.11 bits per heavy atom. The molecule has 100 valence electrons. The van der Waals surface area contributed by atoms with Crippen molar-refractivity contribution in [3.8, 4) is 0 Å². The van der Waals surface area contributed by atoms with Crippen molar-refractivity contribution in [2.75, 3.05) is 0 Å². The second-order valence-corrected chi connectivity index (χ2v) is 6.12. The molecule has 0 aliphatic carbocycles. The molecule has 7 heteroatoms. The maximum atomic E-state index is 12.3. The lowest BCUT2D eigenvalue weighted by Crippen LogP contribution is -2.26. The van der Waals surface area contributed by atoms with Crippen molar-refractivity contribution in [1.29, 1.82) is 0 Å². The van der Waals surface area contributed by atoms with Crippen LogP contribution in [-0.4, -0.2) is 20.7 Å². The lowest BCUT2D eigenvalue weighted by atomic mass is 10.4. The number of carbonyl (C=O) groups excluding carboxylic acids is 1. The van der Waals surface area contributed by atoms with E-state index in [1.807, 2.05) is 5.38 Å². The fourth-order valence-electron chi connectivity index (χ4n) is 1.52. The van der Waals surface area contributed by atoms with Crippen LogP contribution in [0.15, 0.2) is 34.1 Å². The van der Waals surface area contributed by atoms with Crippen molar-refractivity contribution in [1.82, 2.24) is 9.55 Å². The number of nitrogens with two attached hydrogens (primary N) is 1. The van der Waals surface area contributed by atoms with Gasteiger partial charge >= 0.3 is 0 Å². The monoisotopic (exact) mass is 295 g/mol. The largest absolute Gasteiger partial charge is 0.369 e. The number of rotatable bonds is 5. The van der Waals surface area contributed by atoms with Crippen LogP contribution in [0.4, 0.5) is 0 Å². The van der Waals surface area contributed by atoms with Crippen molar-refractivity contribution in [2.45, 2.75) is 23.9 Å². The molecular weight excluding hydrogens is 282 g/mol. The van der Waals surface area contributed by atoms with Crippen LogP contribution in [0.3, 0.4) is 0 Å². The molecule has 0 aromatic carbocycles. The Bertz CT molecular complexity index is 690. The molecule has 2 N–H and O–H groups in total. The zero-order valence-electron chi connectivity index (χ0n) is 10.3. The molecule has 0 saturated carbocycles. The number of allylic oxidation sites excluding steroid dienone is 1. The predicted octanol–water partition coefficient (Wildman–Crippen LogP) is 1.61. The minimum atomic E-state index is -0.445. The summed E-state index contributed by atoms with van der Waals surface area (Å²) in [6.07, 6.45) is 1.63. The van der Waals surface area contributed by atoms with Crippen molar-refractivity contribution in [2.24, 2.45) is 5.73 Å². The van der Waals surface area contributed by atoms with Crippen LogP contribution in [0.25, 0.3) is 10.2 Å². The lowest BCUT2D eigenvalue weighted by molar-refractivity contribution is -0.117. The number of hydrogen-bond donors (Lipinski definition) is 1. The summed E-state index contributed by atoms with van der Waals surface area (Å²) in [5.41, 5.74) is 5.78. The summed E-state index contributed by atoms with van der Waals surface area (Å²) in [4.78, 5) is 27.9. The van der Waals surface area contributed by atoms with Crippen LogP contribution in [0, 0.1) is 0 Å². The standard InChI is InChI=1S/C12H13N3O2S2/c1-3-5-15-11(17)9-8(4-6-18-9)14-12(15)19-7(2)10(13)16/h3-4,6-7H,1,5H2,2H3,(H2,13,16). The Hall–Kier alpha value is -1.60. The molecule has 0 saturated heterocycles. The first kappa shape index (κ1) is 13.8. The number of carbonyl (C=O) groups is 1. The number of hydrogen-bond acceptors (Lipinski definition) is 5. The average molecular weight is 295 g/mol. The number of amides is 1. The van der Waals surface area contributed by atoms with Gasteiger partial charge in [0.2, 0.25) is 5.91 Å². The molecule has 0 aliphatic rings. The van der Waals surface area contributed by atoms with Crippen LogP contribution >= 0.6 is 23.1 Å². The van der Waals surface area contributed by atoms with Gasteiger partial charge < -0.3 is 5.73 Å². The number of nitrogens with zero attached hydrogens (tertiary/aromatic N) is 2. The van der Waals surface area contributed by atoms with E-state index in [-0.39, 0.29) is 5.56 Å². The Morgan fingerprint density at radius 2 is 2.47 bits per heavy atom. The van der Waals surface area contributed by atoms with Gasteiger partial charge in [-0.3, -0.25) is 14.2 Å². The topological polar surface area (TPSA) is 78.0 Å². The highest BCUT2D eigenvalue weighted by molar-refractivity contribution is 8.00. The number of thiophene rings is 1. The Labute approximate surface area is 118 Å². The van der Waals surface area contributed by atoms with Crippen LogP contribution in [0.1, 0.15) is 6.92 Å². The van der Waals surface area contributed by atoms with E-state index in [9.17, 15) is 9.59 Å². The van der Waals surface area contributed by atoms with Crippen LogP contribution in [0.2, 0.25) is 0 Å². The molecule has 0 fully saturated rings. The van der Waals surface area contributed by atoms with Crippen molar-refractivity contribution in [3.63, 3.8) is 0 Å². The second kappa shape index (κ2) is 5.58. The number of thioether (sulfide) groups is 1. The van der Waals surface area contributed by atoms with Gasteiger partial charge in [-0.15, -0.1) is 17.9 Å². The van der Waals surface area contributed by atoms with Crippen LogP contribution < -0.4 is 11.3 Å². The van der Waals surface area contributed by atoms with Gasteiger partial charge in [-0.05, 0) is 18.4 Å². The van der Waals surface area contributed by atoms with E-state index in [4.69, 9.17) is 5.73 Å². The smallest absolute Gasteiger partial charge is 0.272 e. The van der Waals surface area contributed by atoms with Crippen molar-refractivity contribution in [3.05, 3.63) is 34.5 Å². The summed E-state index contributed by atoms with van der Waals surface area (Å²) in [7, 11) is 0. The van der Waals surface area contributed by atoms with Gasteiger partial charge in [0.05, 0.1) is 10.8 Å². The molecule has 1 amide bonds. The number of primary amides is 1. The summed E-state index contributed by atoms with van der Waals surface area (Å²) in [5.74, 6) is -0.435. The first-order chi connectivity index (χ1) is 9.04. The van der Waals surface area contributed by atoms with E-state index in [2.05, 4.69) is 11.6 Å². The molecule has 2 heterocycles. The highest BCUT2D eigenvalue weighted by Gasteiger charge is 2.17. The Morgan fingerprint density at radius 1 is 1.74 bits per heavy atom. The van der Waals surface area contributed by atoms with Gasteiger partial charge in [0.1, 0.15) is 4.70 Å². The van der Waals surface area contributed by atoms with E-state index in [1.165, 1.54) is 27.7 Å². The predicted molar refractivity (Wildman–Crippen MR) is 78.6 cm³/mol. The minimum absolute atomic E-state index is 0.112. The molecule has 2 aromatic rings.